The van der Waals surface area contributed by atoms with Gasteiger partial charge in [-0.05, 0) is 55.9 Å². The van der Waals surface area contributed by atoms with Gasteiger partial charge in [0.05, 0.1) is 12.1 Å². The van der Waals surface area contributed by atoms with Crippen LogP contribution >= 0.6 is 11.8 Å². The van der Waals surface area contributed by atoms with Crippen LogP contribution in [-0.4, -0.2) is 32.9 Å². The normalized spacial score (nSPS) is 15.3. The molecule has 3 heterocycles. The molecule has 0 spiro atoms. The summed E-state index contributed by atoms with van der Waals surface area (Å²) in [6.07, 6.45) is 4.38. The summed E-state index contributed by atoms with van der Waals surface area (Å²) in [5, 5.41) is 3.04. The summed E-state index contributed by atoms with van der Waals surface area (Å²) in [4.78, 5) is 16.4. The Bertz CT molecular complexity index is 800. The van der Waals surface area contributed by atoms with Crippen LogP contribution in [0.3, 0.4) is 0 Å². The van der Waals surface area contributed by atoms with Crippen LogP contribution < -0.4 is 0 Å². The molecule has 116 valence electrons. The highest BCUT2D eigenvalue weighted by atomic mass is 32.2. The number of aromatic nitrogens is 3. The Balaban J connectivity index is 1.71. The summed E-state index contributed by atoms with van der Waals surface area (Å²) in [5.74, 6) is 0.907. The minimum Gasteiger partial charge on any atom is -0.296 e. The highest BCUT2D eigenvalue weighted by molar-refractivity contribution is 7.99. The van der Waals surface area contributed by atoms with E-state index in [1.807, 2.05) is 36.5 Å². The van der Waals surface area contributed by atoms with Crippen molar-refractivity contribution in [1.82, 2.24) is 19.9 Å². The lowest BCUT2D eigenvalue weighted by Crippen LogP contribution is -2.20. The van der Waals surface area contributed by atoms with Gasteiger partial charge in [0.2, 0.25) is 0 Å². The molecule has 0 bridgehead atoms. The van der Waals surface area contributed by atoms with Crippen LogP contribution in [0.1, 0.15) is 18.7 Å². The third-order valence-electron chi connectivity index (χ3n) is 4.02. The number of benzene rings is 1. The second-order valence-electron chi connectivity index (χ2n) is 5.72. The van der Waals surface area contributed by atoms with E-state index < -0.39 is 0 Å². The number of nitrogens with zero attached hydrogens (tertiary/aromatic N) is 4. The second kappa shape index (κ2) is 6.64. The number of likely N-dealkylation sites (tertiary alicyclic amines) is 1. The first-order chi connectivity index (χ1) is 11.4. The lowest BCUT2D eigenvalue weighted by atomic mass is 10.2. The molecule has 1 aliphatic rings. The molecule has 0 atom stereocenters. The molecule has 0 aliphatic carbocycles. The van der Waals surface area contributed by atoms with E-state index in [0.29, 0.717) is 0 Å². The molecule has 4 nitrogen and oxygen atoms in total. The third-order valence-corrected chi connectivity index (χ3v) is 4.97. The number of fused-ring (bicyclic) bond motifs is 1. The molecule has 5 heteroatoms. The van der Waals surface area contributed by atoms with Gasteiger partial charge in [-0.15, -0.1) is 0 Å². The van der Waals surface area contributed by atoms with E-state index in [2.05, 4.69) is 22.0 Å². The van der Waals surface area contributed by atoms with E-state index in [9.17, 15) is 0 Å². The van der Waals surface area contributed by atoms with Crippen molar-refractivity contribution in [3.63, 3.8) is 0 Å². The molecule has 4 rings (SSSR count). The largest absolute Gasteiger partial charge is 0.296 e. The summed E-state index contributed by atoms with van der Waals surface area (Å²) < 4.78 is 0. The Morgan fingerprint density at radius 2 is 1.78 bits per heavy atom. The number of hydrogen-bond donors (Lipinski definition) is 0. The van der Waals surface area contributed by atoms with Crippen molar-refractivity contribution in [1.29, 1.82) is 0 Å². The Morgan fingerprint density at radius 3 is 2.61 bits per heavy atom. The van der Waals surface area contributed by atoms with E-state index in [1.54, 1.807) is 11.8 Å². The molecule has 1 saturated heterocycles. The van der Waals surface area contributed by atoms with Gasteiger partial charge >= 0.3 is 0 Å². The molecule has 1 aliphatic heterocycles. The van der Waals surface area contributed by atoms with Gasteiger partial charge < -0.3 is 0 Å². The molecule has 2 aromatic heterocycles. The lowest BCUT2D eigenvalue weighted by Gasteiger charge is -2.14. The fourth-order valence-electron chi connectivity index (χ4n) is 2.89. The van der Waals surface area contributed by atoms with Crippen molar-refractivity contribution >= 4 is 22.7 Å². The summed E-state index contributed by atoms with van der Waals surface area (Å²) >= 11 is 1.61. The molecule has 0 radical (unpaired) electrons. The number of para-hydroxylation sites is 1. The quantitative estimate of drug-likeness (QED) is 0.684. The van der Waals surface area contributed by atoms with Crippen molar-refractivity contribution < 1.29 is 0 Å². The minimum absolute atomic E-state index is 0.834. The Labute approximate surface area is 140 Å². The lowest BCUT2D eigenvalue weighted by molar-refractivity contribution is 0.322. The first-order valence-electron chi connectivity index (χ1n) is 7.95. The van der Waals surface area contributed by atoms with Gasteiger partial charge in [-0.1, -0.05) is 24.3 Å². The summed E-state index contributed by atoms with van der Waals surface area (Å²) in [6, 6.07) is 14.2. The van der Waals surface area contributed by atoms with Crippen LogP contribution in [0, 0.1) is 0 Å². The van der Waals surface area contributed by atoms with Gasteiger partial charge in [0.1, 0.15) is 15.9 Å². The maximum atomic E-state index is 4.83. The highest BCUT2D eigenvalue weighted by Gasteiger charge is 2.15. The molecule has 0 amide bonds. The predicted octanol–water partition coefficient (Wildman–Crippen LogP) is 3.77. The minimum atomic E-state index is 0.834. The topological polar surface area (TPSA) is 41.9 Å². The maximum Gasteiger partial charge on any atom is 0.144 e. The number of rotatable bonds is 4. The van der Waals surface area contributed by atoms with Crippen molar-refractivity contribution in [3.05, 3.63) is 54.5 Å². The van der Waals surface area contributed by atoms with E-state index >= 15 is 0 Å². The summed E-state index contributed by atoms with van der Waals surface area (Å²) in [7, 11) is 0. The molecule has 0 N–H and O–H groups in total. The third kappa shape index (κ3) is 3.35. The van der Waals surface area contributed by atoms with Gasteiger partial charge in [-0.25, -0.2) is 15.0 Å². The van der Waals surface area contributed by atoms with E-state index in [-0.39, 0.29) is 0 Å². The molecule has 0 unspecified atom stereocenters. The molecule has 0 saturated carbocycles. The zero-order valence-electron chi connectivity index (χ0n) is 12.9. The number of hydrogen-bond acceptors (Lipinski definition) is 5. The van der Waals surface area contributed by atoms with Crippen molar-refractivity contribution in [3.8, 4) is 0 Å². The molecule has 1 aromatic carbocycles. The molecule has 23 heavy (non-hydrogen) atoms. The van der Waals surface area contributed by atoms with Crippen LogP contribution in [0.15, 0.2) is 58.7 Å². The van der Waals surface area contributed by atoms with Gasteiger partial charge in [-0.2, -0.15) is 0 Å². The highest BCUT2D eigenvalue weighted by Crippen LogP contribution is 2.30. The molecular formula is C18H18N4S. The second-order valence-corrected chi connectivity index (χ2v) is 6.72. The fraction of sp³-hybridized carbons (Fsp3) is 0.278. The zero-order valence-corrected chi connectivity index (χ0v) is 13.7. The molecular weight excluding hydrogens is 304 g/mol. The van der Waals surface area contributed by atoms with Crippen LogP contribution in [-0.2, 0) is 6.54 Å². The van der Waals surface area contributed by atoms with E-state index in [1.165, 1.54) is 12.8 Å². The first-order valence-corrected chi connectivity index (χ1v) is 8.77. The standard InChI is InChI=1S/C18H18N4S/c1-2-8-15-14(7-1)18(23-17-9-3-4-10-19-17)21-16(20-15)13-22-11-5-6-12-22/h1-4,7-10H,5-6,11-13H2. The predicted molar refractivity (Wildman–Crippen MR) is 92.4 cm³/mol. The Hall–Kier alpha value is -1.98. The SMILES string of the molecule is c1ccc(Sc2nc(CN3CCCC3)nc3ccccc23)nc1. The summed E-state index contributed by atoms with van der Waals surface area (Å²) in [6.45, 7) is 3.14. The van der Waals surface area contributed by atoms with Crippen LogP contribution in [0.25, 0.3) is 10.9 Å². The average Bonchev–Trinajstić information content (AvgIpc) is 3.09. The van der Waals surface area contributed by atoms with Crippen molar-refractivity contribution in [2.45, 2.75) is 29.4 Å². The van der Waals surface area contributed by atoms with Gasteiger partial charge in [0.25, 0.3) is 0 Å². The van der Waals surface area contributed by atoms with Gasteiger partial charge in [-0.3, -0.25) is 4.90 Å². The van der Waals surface area contributed by atoms with Crippen LogP contribution in [0.4, 0.5) is 0 Å². The first kappa shape index (κ1) is 14.6. The molecule has 3 aromatic rings. The van der Waals surface area contributed by atoms with Crippen LogP contribution in [0.5, 0.6) is 0 Å². The van der Waals surface area contributed by atoms with Crippen molar-refractivity contribution in [2.75, 3.05) is 13.1 Å². The number of pyridine rings is 1. The van der Waals surface area contributed by atoms with Gasteiger partial charge in [0.15, 0.2) is 0 Å². The van der Waals surface area contributed by atoms with E-state index in [0.717, 1.165) is 46.4 Å². The summed E-state index contributed by atoms with van der Waals surface area (Å²) in [5.41, 5.74) is 1.01. The smallest absolute Gasteiger partial charge is 0.144 e. The average molecular weight is 322 g/mol. The molecule has 1 fully saturated rings. The van der Waals surface area contributed by atoms with Gasteiger partial charge in [0, 0.05) is 11.6 Å². The van der Waals surface area contributed by atoms with E-state index in [4.69, 9.17) is 9.97 Å². The monoisotopic (exact) mass is 322 g/mol. The Kier molecular flexibility index (Phi) is 4.22. The van der Waals surface area contributed by atoms with Crippen molar-refractivity contribution in [2.24, 2.45) is 0 Å². The van der Waals surface area contributed by atoms with Crippen LogP contribution in [0.2, 0.25) is 0 Å². The Morgan fingerprint density at radius 1 is 0.957 bits per heavy atom. The maximum absolute atomic E-state index is 4.83. The zero-order chi connectivity index (χ0) is 15.5. The fourth-order valence-corrected chi connectivity index (χ4v) is 3.78.